The first-order valence-corrected chi connectivity index (χ1v) is 6.89. The van der Waals surface area contributed by atoms with Gasteiger partial charge in [0.25, 0.3) is 0 Å². The standard InChI is InChI=1S/C15H19N3O2/c1-18(9-11-5-7-20-10-11)15(19)17-13-2-3-14-12(8-13)4-6-16-14/h2-4,6,8,11,16H,5,7,9-10H2,1H3,(H,17,19)/t11-/m0/s1. The first kappa shape index (κ1) is 13.0. The average Bonchev–Trinajstić information content (AvgIpc) is 3.08. The normalized spacial score (nSPS) is 18.4. The fraction of sp³-hybridized carbons (Fsp3) is 0.400. The van der Waals surface area contributed by atoms with Crippen LogP contribution in [0.3, 0.4) is 0 Å². The zero-order valence-corrected chi connectivity index (χ0v) is 11.6. The molecule has 1 aliphatic heterocycles. The second kappa shape index (κ2) is 5.54. The Morgan fingerprint density at radius 1 is 1.50 bits per heavy atom. The largest absolute Gasteiger partial charge is 0.381 e. The van der Waals surface area contributed by atoms with Crippen molar-refractivity contribution >= 4 is 22.6 Å². The van der Waals surface area contributed by atoms with Crippen LogP contribution in [0.2, 0.25) is 0 Å². The van der Waals surface area contributed by atoms with Crippen LogP contribution in [0.5, 0.6) is 0 Å². The van der Waals surface area contributed by atoms with Crippen LogP contribution in [0, 0.1) is 5.92 Å². The van der Waals surface area contributed by atoms with Gasteiger partial charge in [-0.3, -0.25) is 0 Å². The van der Waals surface area contributed by atoms with Crippen molar-refractivity contribution in [3.05, 3.63) is 30.5 Å². The summed E-state index contributed by atoms with van der Waals surface area (Å²) in [6.45, 7) is 2.30. The number of anilines is 1. The van der Waals surface area contributed by atoms with Crippen LogP contribution in [0.1, 0.15) is 6.42 Å². The lowest BCUT2D eigenvalue weighted by atomic mass is 10.1. The summed E-state index contributed by atoms with van der Waals surface area (Å²) in [7, 11) is 1.82. The van der Waals surface area contributed by atoms with Gasteiger partial charge < -0.3 is 19.9 Å². The highest BCUT2D eigenvalue weighted by Gasteiger charge is 2.20. The molecule has 1 saturated heterocycles. The number of nitrogens with zero attached hydrogens (tertiary/aromatic N) is 1. The number of nitrogens with one attached hydrogen (secondary N) is 2. The number of aromatic nitrogens is 1. The van der Waals surface area contributed by atoms with E-state index >= 15 is 0 Å². The Labute approximate surface area is 117 Å². The van der Waals surface area contributed by atoms with Crippen molar-refractivity contribution in [2.45, 2.75) is 6.42 Å². The number of fused-ring (bicyclic) bond motifs is 1. The Morgan fingerprint density at radius 3 is 3.20 bits per heavy atom. The quantitative estimate of drug-likeness (QED) is 0.903. The molecular formula is C15H19N3O2. The summed E-state index contributed by atoms with van der Waals surface area (Å²) in [5, 5.41) is 4.02. The van der Waals surface area contributed by atoms with Gasteiger partial charge in [-0.2, -0.15) is 0 Å². The number of H-pyrrole nitrogens is 1. The molecule has 2 amide bonds. The van der Waals surface area contributed by atoms with Crippen LogP contribution < -0.4 is 5.32 Å². The Bertz CT molecular complexity index is 602. The lowest BCUT2D eigenvalue weighted by Gasteiger charge is -2.20. The number of aromatic amines is 1. The summed E-state index contributed by atoms with van der Waals surface area (Å²) in [5.41, 5.74) is 1.89. The molecule has 1 aromatic carbocycles. The summed E-state index contributed by atoms with van der Waals surface area (Å²) in [6.07, 6.45) is 2.93. The lowest BCUT2D eigenvalue weighted by molar-refractivity contribution is 0.175. The van der Waals surface area contributed by atoms with Gasteiger partial charge in [0.15, 0.2) is 0 Å². The van der Waals surface area contributed by atoms with E-state index in [0.29, 0.717) is 5.92 Å². The minimum Gasteiger partial charge on any atom is -0.381 e. The molecule has 2 heterocycles. The van der Waals surface area contributed by atoms with Crippen LogP contribution in [-0.4, -0.2) is 42.7 Å². The highest BCUT2D eigenvalue weighted by molar-refractivity contribution is 5.92. The third kappa shape index (κ3) is 2.77. The van der Waals surface area contributed by atoms with Gasteiger partial charge in [0, 0.05) is 48.9 Å². The van der Waals surface area contributed by atoms with Gasteiger partial charge in [0.2, 0.25) is 0 Å². The van der Waals surface area contributed by atoms with E-state index in [9.17, 15) is 4.79 Å². The number of rotatable bonds is 3. The van der Waals surface area contributed by atoms with E-state index in [1.807, 2.05) is 37.5 Å². The molecule has 2 aromatic rings. The lowest BCUT2D eigenvalue weighted by Crippen LogP contribution is -2.35. The van der Waals surface area contributed by atoms with Gasteiger partial charge >= 0.3 is 6.03 Å². The molecule has 106 valence electrons. The first-order valence-electron chi connectivity index (χ1n) is 6.89. The number of ether oxygens (including phenoxy) is 1. The summed E-state index contributed by atoms with van der Waals surface area (Å²) in [5.74, 6) is 0.456. The van der Waals surface area contributed by atoms with Crippen LogP contribution in [0.15, 0.2) is 30.5 Å². The molecule has 1 aromatic heterocycles. The summed E-state index contributed by atoms with van der Waals surface area (Å²) >= 11 is 0. The minimum absolute atomic E-state index is 0.0771. The molecule has 0 bridgehead atoms. The zero-order valence-electron chi connectivity index (χ0n) is 11.6. The zero-order chi connectivity index (χ0) is 13.9. The van der Waals surface area contributed by atoms with E-state index in [-0.39, 0.29) is 6.03 Å². The maximum absolute atomic E-state index is 12.1. The highest BCUT2D eigenvalue weighted by Crippen LogP contribution is 2.18. The minimum atomic E-state index is -0.0771. The van der Waals surface area contributed by atoms with E-state index in [1.54, 1.807) is 4.90 Å². The molecule has 0 aliphatic carbocycles. The molecule has 0 radical (unpaired) electrons. The second-order valence-electron chi connectivity index (χ2n) is 5.32. The molecule has 5 heteroatoms. The van der Waals surface area contributed by atoms with Gasteiger partial charge in [-0.05, 0) is 30.7 Å². The Morgan fingerprint density at radius 2 is 2.40 bits per heavy atom. The number of hydrogen-bond donors (Lipinski definition) is 2. The smallest absolute Gasteiger partial charge is 0.321 e. The summed E-state index contributed by atoms with van der Waals surface area (Å²) in [4.78, 5) is 17.0. The molecule has 2 N–H and O–H groups in total. The van der Waals surface area contributed by atoms with Crippen molar-refractivity contribution in [1.29, 1.82) is 0 Å². The van der Waals surface area contributed by atoms with Crippen LogP contribution >= 0.6 is 0 Å². The molecule has 0 saturated carbocycles. The van der Waals surface area contributed by atoms with Crippen molar-refractivity contribution in [2.75, 3.05) is 32.1 Å². The van der Waals surface area contributed by atoms with Crippen molar-refractivity contribution in [2.24, 2.45) is 5.92 Å². The number of urea groups is 1. The molecule has 0 unspecified atom stereocenters. The number of amides is 2. The number of hydrogen-bond acceptors (Lipinski definition) is 2. The van der Waals surface area contributed by atoms with Gasteiger partial charge in [0.1, 0.15) is 0 Å². The molecule has 20 heavy (non-hydrogen) atoms. The van der Waals surface area contributed by atoms with E-state index in [4.69, 9.17) is 4.74 Å². The molecule has 0 spiro atoms. The predicted molar refractivity (Wildman–Crippen MR) is 78.9 cm³/mol. The van der Waals surface area contributed by atoms with E-state index in [0.717, 1.165) is 42.8 Å². The van der Waals surface area contributed by atoms with E-state index in [1.165, 1.54) is 0 Å². The molecule has 3 rings (SSSR count). The van der Waals surface area contributed by atoms with E-state index < -0.39 is 0 Å². The highest BCUT2D eigenvalue weighted by atomic mass is 16.5. The first-order chi connectivity index (χ1) is 9.72. The summed E-state index contributed by atoms with van der Waals surface area (Å²) in [6, 6.07) is 7.76. The molecular weight excluding hydrogens is 254 g/mol. The van der Waals surface area contributed by atoms with Crippen LogP contribution in [0.25, 0.3) is 10.9 Å². The number of carbonyl (C=O) groups excluding carboxylic acids is 1. The number of carbonyl (C=O) groups is 1. The Kier molecular flexibility index (Phi) is 3.60. The fourth-order valence-electron chi connectivity index (χ4n) is 2.55. The predicted octanol–water partition coefficient (Wildman–Crippen LogP) is 2.67. The van der Waals surface area contributed by atoms with Gasteiger partial charge in [-0.1, -0.05) is 0 Å². The van der Waals surface area contributed by atoms with Crippen LogP contribution in [0.4, 0.5) is 10.5 Å². The summed E-state index contributed by atoms with van der Waals surface area (Å²) < 4.78 is 5.33. The second-order valence-corrected chi connectivity index (χ2v) is 5.32. The maximum Gasteiger partial charge on any atom is 0.321 e. The van der Waals surface area contributed by atoms with Crippen molar-refractivity contribution in [3.63, 3.8) is 0 Å². The Hall–Kier alpha value is -2.01. The van der Waals surface area contributed by atoms with Gasteiger partial charge in [-0.15, -0.1) is 0 Å². The maximum atomic E-state index is 12.1. The Balaban J connectivity index is 1.62. The van der Waals surface area contributed by atoms with Gasteiger partial charge in [-0.25, -0.2) is 4.79 Å². The SMILES string of the molecule is CN(C[C@@H]1CCOC1)C(=O)Nc1ccc2[nH]ccc2c1. The van der Waals surface area contributed by atoms with Crippen LogP contribution in [-0.2, 0) is 4.74 Å². The fourth-order valence-corrected chi connectivity index (χ4v) is 2.55. The van der Waals surface area contributed by atoms with Gasteiger partial charge in [0.05, 0.1) is 6.61 Å². The molecule has 1 aliphatic rings. The monoisotopic (exact) mass is 273 g/mol. The molecule has 1 atom stereocenters. The average molecular weight is 273 g/mol. The van der Waals surface area contributed by atoms with Crippen molar-refractivity contribution < 1.29 is 9.53 Å². The topological polar surface area (TPSA) is 57.4 Å². The third-order valence-corrected chi connectivity index (χ3v) is 3.71. The number of benzene rings is 1. The molecule has 5 nitrogen and oxygen atoms in total. The van der Waals surface area contributed by atoms with Crippen molar-refractivity contribution in [1.82, 2.24) is 9.88 Å². The van der Waals surface area contributed by atoms with E-state index in [2.05, 4.69) is 10.3 Å². The van der Waals surface area contributed by atoms with Crippen molar-refractivity contribution in [3.8, 4) is 0 Å². The molecule has 1 fully saturated rings. The third-order valence-electron chi connectivity index (χ3n) is 3.71.